The largest absolute Gasteiger partial charge is 0.489 e. The van der Waals surface area contributed by atoms with Gasteiger partial charge < -0.3 is 14.7 Å². The van der Waals surface area contributed by atoms with Gasteiger partial charge in [-0.05, 0) is 36.4 Å². The minimum Gasteiger partial charge on any atom is -0.489 e. The summed E-state index contributed by atoms with van der Waals surface area (Å²) in [5, 5.41) is 11.7. The van der Waals surface area contributed by atoms with Gasteiger partial charge >= 0.3 is 0 Å². The zero-order valence-electron chi connectivity index (χ0n) is 15.5. The Hall–Kier alpha value is -3.37. The van der Waals surface area contributed by atoms with Crippen LogP contribution in [0.3, 0.4) is 0 Å². The van der Waals surface area contributed by atoms with Gasteiger partial charge in [-0.15, -0.1) is 0 Å². The Morgan fingerprint density at radius 2 is 1.43 bits per heavy atom. The summed E-state index contributed by atoms with van der Waals surface area (Å²) in [7, 11) is 0. The van der Waals surface area contributed by atoms with Crippen molar-refractivity contribution in [1.29, 1.82) is 0 Å². The van der Waals surface area contributed by atoms with Crippen molar-refractivity contribution >= 4 is 22.3 Å². The minimum absolute atomic E-state index is 0.186. The zero-order chi connectivity index (χ0) is 19.2. The molecule has 1 atom stereocenters. The van der Waals surface area contributed by atoms with E-state index < -0.39 is 6.10 Å². The number of para-hydroxylation sites is 3. The fraction of sp³-hybridized carbons (Fsp3) is 0.125. The van der Waals surface area contributed by atoms with Gasteiger partial charge in [0.2, 0.25) is 0 Å². The highest BCUT2D eigenvalue weighted by Gasteiger charge is 2.15. The molecule has 28 heavy (non-hydrogen) atoms. The molecular weight excluding hydrogens is 348 g/mol. The third-order valence-corrected chi connectivity index (χ3v) is 4.56. The molecule has 0 fully saturated rings. The number of hydrogen-bond acceptors (Lipinski definition) is 4. The normalized spacial score (nSPS) is 11.9. The standard InChI is InChI=1S/C24H22N2O2/c27-22(18-28-23-15-7-9-19-10-8-16-25-24(19)23)17-26(20-11-3-1-4-12-20)21-13-5-2-6-14-21/h1-16,22,27H,17-18H2. The van der Waals surface area contributed by atoms with Gasteiger partial charge in [0.1, 0.15) is 24.0 Å². The highest BCUT2D eigenvalue weighted by Crippen LogP contribution is 2.26. The molecule has 4 rings (SSSR count). The minimum atomic E-state index is -0.667. The molecule has 4 aromatic rings. The molecule has 3 aromatic carbocycles. The number of anilines is 2. The molecule has 0 aliphatic rings. The molecule has 0 saturated heterocycles. The van der Waals surface area contributed by atoms with Crippen LogP contribution in [0.15, 0.2) is 97.2 Å². The molecule has 1 unspecified atom stereocenters. The van der Waals surface area contributed by atoms with Crippen molar-refractivity contribution in [3.8, 4) is 5.75 Å². The Morgan fingerprint density at radius 1 is 0.786 bits per heavy atom. The topological polar surface area (TPSA) is 45.6 Å². The Balaban J connectivity index is 1.49. The molecule has 0 amide bonds. The van der Waals surface area contributed by atoms with E-state index in [4.69, 9.17) is 4.74 Å². The Labute approximate surface area is 164 Å². The lowest BCUT2D eigenvalue weighted by atomic mass is 10.2. The third kappa shape index (κ3) is 4.13. The second-order valence-corrected chi connectivity index (χ2v) is 6.58. The second kappa shape index (κ2) is 8.55. The summed E-state index contributed by atoms with van der Waals surface area (Å²) >= 11 is 0. The number of aromatic nitrogens is 1. The maximum Gasteiger partial charge on any atom is 0.145 e. The fourth-order valence-electron chi connectivity index (χ4n) is 3.22. The van der Waals surface area contributed by atoms with Gasteiger partial charge in [-0.3, -0.25) is 4.98 Å². The Kier molecular flexibility index (Phi) is 5.50. The van der Waals surface area contributed by atoms with Crippen LogP contribution in [-0.2, 0) is 0 Å². The van der Waals surface area contributed by atoms with Crippen molar-refractivity contribution in [3.05, 3.63) is 97.2 Å². The highest BCUT2D eigenvalue weighted by atomic mass is 16.5. The average Bonchev–Trinajstić information content (AvgIpc) is 2.77. The lowest BCUT2D eigenvalue weighted by Gasteiger charge is -2.27. The number of aliphatic hydroxyl groups is 1. The van der Waals surface area contributed by atoms with Crippen LogP contribution in [0.2, 0.25) is 0 Å². The third-order valence-electron chi connectivity index (χ3n) is 4.56. The van der Waals surface area contributed by atoms with Crippen LogP contribution < -0.4 is 9.64 Å². The van der Waals surface area contributed by atoms with Gasteiger partial charge in [-0.25, -0.2) is 0 Å². The van der Waals surface area contributed by atoms with E-state index in [1.165, 1.54) is 0 Å². The first kappa shape index (κ1) is 18.0. The lowest BCUT2D eigenvalue weighted by molar-refractivity contribution is 0.115. The van der Waals surface area contributed by atoms with E-state index in [1.54, 1.807) is 6.20 Å². The monoisotopic (exact) mass is 370 g/mol. The fourth-order valence-corrected chi connectivity index (χ4v) is 3.22. The number of ether oxygens (including phenoxy) is 1. The molecular formula is C24H22N2O2. The van der Waals surface area contributed by atoms with E-state index in [1.807, 2.05) is 91.0 Å². The van der Waals surface area contributed by atoms with E-state index in [0.717, 1.165) is 22.3 Å². The molecule has 0 bridgehead atoms. The predicted octanol–water partition coefficient (Wildman–Crippen LogP) is 4.81. The van der Waals surface area contributed by atoms with Crippen LogP contribution >= 0.6 is 0 Å². The second-order valence-electron chi connectivity index (χ2n) is 6.58. The summed E-state index contributed by atoms with van der Waals surface area (Å²) in [6.45, 7) is 0.609. The SMILES string of the molecule is OC(COc1cccc2cccnc12)CN(c1ccccc1)c1ccccc1. The number of pyridine rings is 1. The summed E-state index contributed by atoms with van der Waals surface area (Å²) in [4.78, 5) is 6.49. The van der Waals surface area contributed by atoms with Gasteiger partial charge in [-0.1, -0.05) is 54.6 Å². The molecule has 0 aliphatic carbocycles. The average molecular weight is 370 g/mol. The number of hydrogen-bond donors (Lipinski definition) is 1. The van der Waals surface area contributed by atoms with Crippen LogP contribution in [0.25, 0.3) is 10.9 Å². The van der Waals surface area contributed by atoms with E-state index in [2.05, 4.69) is 9.88 Å². The van der Waals surface area contributed by atoms with Crippen LogP contribution in [0.4, 0.5) is 11.4 Å². The first-order chi connectivity index (χ1) is 13.8. The summed E-state index contributed by atoms with van der Waals surface area (Å²) in [6, 6.07) is 29.8. The summed E-state index contributed by atoms with van der Waals surface area (Å²) in [5.41, 5.74) is 2.86. The van der Waals surface area contributed by atoms with E-state index >= 15 is 0 Å². The molecule has 0 saturated carbocycles. The lowest BCUT2D eigenvalue weighted by Crippen LogP contribution is -2.32. The predicted molar refractivity (Wildman–Crippen MR) is 113 cm³/mol. The van der Waals surface area contributed by atoms with Crippen molar-refractivity contribution in [2.24, 2.45) is 0 Å². The zero-order valence-corrected chi connectivity index (χ0v) is 15.5. The molecule has 4 nitrogen and oxygen atoms in total. The van der Waals surface area contributed by atoms with Gasteiger partial charge in [0.05, 0.1) is 6.54 Å². The first-order valence-electron chi connectivity index (χ1n) is 9.33. The molecule has 1 aromatic heterocycles. The molecule has 1 N–H and O–H groups in total. The Bertz CT molecular complexity index is 977. The number of benzene rings is 3. The number of fused-ring (bicyclic) bond motifs is 1. The van der Waals surface area contributed by atoms with Gasteiger partial charge in [0.15, 0.2) is 0 Å². The molecule has 4 heteroatoms. The van der Waals surface area contributed by atoms with Crippen LogP contribution in [-0.4, -0.2) is 29.3 Å². The summed E-state index contributed by atoms with van der Waals surface area (Å²) in [5.74, 6) is 0.683. The van der Waals surface area contributed by atoms with Crippen molar-refractivity contribution < 1.29 is 9.84 Å². The van der Waals surface area contributed by atoms with Gasteiger partial charge in [0.25, 0.3) is 0 Å². The highest BCUT2D eigenvalue weighted by molar-refractivity contribution is 5.84. The van der Waals surface area contributed by atoms with Crippen molar-refractivity contribution in [2.45, 2.75) is 6.10 Å². The smallest absolute Gasteiger partial charge is 0.145 e. The number of nitrogens with zero attached hydrogens (tertiary/aromatic N) is 2. The molecule has 0 spiro atoms. The van der Waals surface area contributed by atoms with Crippen molar-refractivity contribution in [1.82, 2.24) is 4.98 Å². The number of rotatable bonds is 7. The first-order valence-corrected chi connectivity index (χ1v) is 9.33. The number of aliphatic hydroxyl groups excluding tert-OH is 1. The molecule has 0 radical (unpaired) electrons. The van der Waals surface area contributed by atoms with E-state index in [9.17, 15) is 5.11 Å². The maximum absolute atomic E-state index is 10.7. The van der Waals surface area contributed by atoms with Crippen LogP contribution in [0, 0.1) is 0 Å². The Morgan fingerprint density at radius 3 is 2.11 bits per heavy atom. The van der Waals surface area contributed by atoms with Gasteiger partial charge in [0, 0.05) is 23.0 Å². The van der Waals surface area contributed by atoms with Gasteiger partial charge in [-0.2, -0.15) is 0 Å². The van der Waals surface area contributed by atoms with E-state index in [-0.39, 0.29) is 6.61 Å². The van der Waals surface area contributed by atoms with E-state index in [0.29, 0.717) is 12.3 Å². The van der Waals surface area contributed by atoms with Crippen LogP contribution in [0.1, 0.15) is 0 Å². The molecule has 140 valence electrons. The summed E-state index contributed by atoms with van der Waals surface area (Å²) < 4.78 is 5.91. The molecule has 0 aliphatic heterocycles. The van der Waals surface area contributed by atoms with Crippen LogP contribution in [0.5, 0.6) is 5.75 Å². The molecule has 1 heterocycles. The van der Waals surface area contributed by atoms with Crippen molar-refractivity contribution in [3.63, 3.8) is 0 Å². The quantitative estimate of drug-likeness (QED) is 0.507. The van der Waals surface area contributed by atoms with Crippen molar-refractivity contribution in [2.75, 3.05) is 18.1 Å². The summed E-state index contributed by atoms with van der Waals surface area (Å²) in [6.07, 6.45) is 1.08. The maximum atomic E-state index is 10.7.